The number of hydrogen-bond acceptors (Lipinski definition) is 6. The lowest BCUT2D eigenvalue weighted by molar-refractivity contribution is -0.120. The third kappa shape index (κ3) is 4.57. The Morgan fingerprint density at radius 1 is 1.22 bits per heavy atom. The first-order chi connectivity index (χ1) is 15.4. The molecule has 6 nitrogen and oxygen atoms in total. The number of rotatable bonds is 7. The van der Waals surface area contributed by atoms with Crippen molar-refractivity contribution >= 4 is 39.2 Å². The van der Waals surface area contributed by atoms with E-state index in [2.05, 4.69) is 19.2 Å². The number of amides is 1. The molecule has 1 atom stereocenters. The van der Waals surface area contributed by atoms with E-state index in [-0.39, 0.29) is 16.7 Å². The van der Waals surface area contributed by atoms with Gasteiger partial charge in [0.15, 0.2) is 5.16 Å². The van der Waals surface area contributed by atoms with Crippen molar-refractivity contribution in [2.75, 3.05) is 13.7 Å². The van der Waals surface area contributed by atoms with Crippen LogP contribution < -0.4 is 15.6 Å². The number of thiophene rings is 1. The van der Waals surface area contributed by atoms with Crippen molar-refractivity contribution < 1.29 is 9.53 Å². The van der Waals surface area contributed by atoms with Gasteiger partial charge in [0.2, 0.25) is 5.91 Å². The van der Waals surface area contributed by atoms with E-state index >= 15 is 0 Å². The number of fused-ring (bicyclic) bond motifs is 3. The van der Waals surface area contributed by atoms with E-state index in [0.29, 0.717) is 17.6 Å². The summed E-state index contributed by atoms with van der Waals surface area (Å²) in [7, 11) is 1.62. The Kier molecular flexibility index (Phi) is 6.90. The fraction of sp³-hybridized carbons (Fsp3) is 0.458. The molecule has 1 aromatic carbocycles. The van der Waals surface area contributed by atoms with Gasteiger partial charge in [-0.05, 0) is 68.4 Å². The highest BCUT2D eigenvalue weighted by Gasteiger charge is 2.25. The second-order valence-electron chi connectivity index (χ2n) is 8.52. The van der Waals surface area contributed by atoms with Crippen LogP contribution >= 0.6 is 23.1 Å². The molecule has 0 aliphatic heterocycles. The largest absolute Gasteiger partial charge is 0.497 e. The molecule has 0 saturated carbocycles. The number of benzene rings is 1. The Bertz CT molecular complexity index is 1180. The number of aryl methyl sites for hydroxylation is 2. The standard InChI is InChI=1S/C24H29N3O3S2/c1-14(2)13-25-21(28)15(3)31-24-26-22-20(18-7-5-6-8-19(18)32-22)23(29)27(24)16-9-11-17(30-4)12-10-16/h9-12,14-15H,5-8,13H2,1-4H3,(H,25,28). The van der Waals surface area contributed by atoms with Gasteiger partial charge < -0.3 is 10.1 Å². The Morgan fingerprint density at radius 2 is 1.94 bits per heavy atom. The average molecular weight is 472 g/mol. The van der Waals surface area contributed by atoms with Crippen molar-refractivity contribution in [2.45, 2.75) is 56.9 Å². The first-order valence-electron chi connectivity index (χ1n) is 11.0. The van der Waals surface area contributed by atoms with Gasteiger partial charge in [-0.1, -0.05) is 25.6 Å². The molecular weight excluding hydrogens is 442 g/mol. The van der Waals surface area contributed by atoms with Crippen LogP contribution in [0, 0.1) is 5.92 Å². The zero-order valence-electron chi connectivity index (χ0n) is 18.9. The Morgan fingerprint density at radius 3 is 2.62 bits per heavy atom. The summed E-state index contributed by atoms with van der Waals surface area (Å²) in [6, 6.07) is 7.39. The lowest BCUT2D eigenvalue weighted by Gasteiger charge is -2.17. The predicted octanol–water partition coefficient (Wildman–Crippen LogP) is 4.59. The van der Waals surface area contributed by atoms with Gasteiger partial charge in [0.25, 0.3) is 5.56 Å². The molecule has 3 aromatic rings. The summed E-state index contributed by atoms with van der Waals surface area (Å²) in [5.41, 5.74) is 1.82. The van der Waals surface area contributed by atoms with Crippen LogP contribution in [0.25, 0.3) is 15.9 Å². The van der Waals surface area contributed by atoms with Gasteiger partial charge in [-0.25, -0.2) is 4.98 Å². The Balaban J connectivity index is 1.80. The highest BCUT2D eigenvalue weighted by Crippen LogP contribution is 2.36. The summed E-state index contributed by atoms with van der Waals surface area (Å²) in [5, 5.41) is 3.88. The maximum atomic E-state index is 13.8. The van der Waals surface area contributed by atoms with E-state index in [4.69, 9.17) is 9.72 Å². The molecule has 2 aromatic heterocycles. The lowest BCUT2D eigenvalue weighted by Crippen LogP contribution is -2.34. The smallest absolute Gasteiger partial charge is 0.267 e. The average Bonchev–Trinajstić information content (AvgIpc) is 3.16. The van der Waals surface area contributed by atoms with Crippen LogP contribution in [0.4, 0.5) is 0 Å². The molecule has 0 saturated heterocycles. The van der Waals surface area contributed by atoms with Crippen molar-refractivity contribution in [3.8, 4) is 11.4 Å². The highest BCUT2D eigenvalue weighted by atomic mass is 32.2. The van der Waals surface area contributed by atoms with Gasteiger partial charge in [-0.15, -0.1) is 11.3 Å². The summed E-state index contributed by atoms with van der Waals surface area (Å²) in [6.07, 6.45) is 4.19. The minimum atomic E-state index is -0.378. The Labute approximate surface area is 196 Å². The van der Waals surface area contributed by atoms with Crippen molar-refractivity contribution in [3.05, 3.63) is 45.1 Å². The number of nitrogens with one attached hydrogen (secondary N) is 1. The molecular formula is C24H29N3O3S2. The number of ether oxygens (including phenoxy) is 1. The molecule has 0 radical (unpaired) electrons. The van der Waals surface area contributed by atoms with Gasteiger partial charge in [0, 0.05) is 11.4 Å². The maximum absolute atomic E-state index is 13.8. The maximum Gasteiger partial charge on any atom is 0.267 e. The number of thioether (sulfide) groups is 1. The van der Waals surface area contributed by atoms with E-state index < -0.39 is 0 Å². The summed E-state index contributed by atoms with van der Waals surface area (Å²) in [6.45, 7) is 6.61. The van der Waals surface area contributed by atoms with Crippen LogP contribution in [0.3, 0.4) is 0 Å². The lowest BCUT2D eigenvalue weighted by atomic mass is 9.97. The second-order valence-corrected chi connectivity index (χ2v) is 10.9. The van der Waals surface area contributed by atoms with Gasteiger partial charge in [-0.3, -0.25) is 14.2 Å². The van der Waals surface area contributed by atoms with E-state index in [1.54, 1.807) is 23.0 Å². The summed E-state index contributed by atoms with van der Waals surface area (Å²) in [4.78, 5) is 33.4. The molecule has 1 amide bonds. The van der Waals surface area contributed by atoms with Gasteiger partial charge in [-0.2, -0.15) is 0 Å². The van der Waals surface area contributed by atoms with E-state index in [1.165, 1.54) is 16.6 Å². The molecule has 1 unspecified atom stereocenters. The van der Waals surface area contributed by atoms with Crippen LogP contribution in [-0.4, -0.2) is 34.4 Å². The second kappa shape index (κ2) is 9.67. The van der Waals surface area contributed by atoms with Crippen molar-refractivity contribution in [1.82, 2.24) is 14.9 Å². The molecule has 170 valence electrons. The minimum Gasteiger partial charge on any atom is -0.497 e. The third-order valence-electron chi connectivity index (χ3n) is 5.62. The van der Waals surface area contributed by atoms with Gasteiger partial charge in [0.05, 0.1) is 23.4 Å². The van der Waals surface area contributed by atoms with Crippen LogP contribution in [0.1, 0.15) is 44.1 Å². The quantitative estimate of drug-likeness (QED) is 0.403. The van der Waals surface area contributed by atoms with Crippen molar-refractivity contribution in [3.63, 3.8) is 0 Å². The topological polar surface area (TPSA) is 73.2 Å². The summed E-state index contributed by atoms with van der Waals surface area (Å²) in [5.74, 6) is 1.05. The van der Waals surface area contributed by atoms with E-state index in [1.807, 2.05) is 31.2 Å². The fourth-order valence-electron chi connectivity index (χ4n) is 3.88. The molecule has 4 rings (SSSR count). The molecule has 0 bridgehead atoms. The molecule has 1 N–H and O–H groups in total. The van der Waals surface area contributed by atoms with E-state index in [9.17, 15) is 9.59 Å². The number of nitrogens with zero attached hydrogens (tertiary/aromatic N) is 2. The van der Waals surface area contributed by atoms with Gasteiger partial charge >= 0.3 is 0 Å². The molecule has 2 heterocycles. The minimum absolute atomic E-state index is 0.0511. The Hall–Kier alpha value is -2.32. The number of carbonyl (C=O) groups excluding carboxylic acids is 1. The molecule has 0 spiro atoms. The van der Waals surface area contributed by atoms with Crippen LogP contribution in [-0.2, 0) is 17.6 Å². The summed E-state index contributed by atoms with van der Waals surface area (Å²) >= 11 is 2.95. The summed E-state index contributed by atoms with van der Waals surface area (Å²) < 4.78 is 6.93. The van der Waals surface area contributed by atoms with Crippen LogP contribution in [0.15, 0.2) is 34.2 Å². The predicted molar refractivity (Wildman–Crippen MR) is 132 cm³/mol. The number of methoxy groups -OCH3 is 1. The normalized spacial score (nSPS) is 14.4. The monoisotopic (exact) mass is 471 g/mol. The first kappa shape index (κ1) is 22.9. The van der Waals surface area contributed by atoms with Crippen LogP contribution in [0.5, 0.6) is 5.75 Å². The molecule has 1 aliphatic rings. The number of aromatic nitrogens is 2. The highest BCUT2D eigenvalue weighted by molar-refractivity contribution is 8.00. The van der Waals surface area contributed by atoms with Crippen LogP contribution in [0.2, 0.25) is 0 Å². The van der Waals surface area contributed by atoms with E-state index in [0.717, 1.165) is 52.9 Å². The van der Waals surface area contributed by atoms with Crippen molar-refractivity contribution in [1.29, 1.82) is 0 Å². The van der Waals surface area contributed by atoms with Crippen molar-refractivity contribution in [2.24, 2.45) is 5.92 Å². The first-order valence-corrected chi connectivity index (χ1v) is 12.7. The number of carbonyl (C=O) groups is 1. The molecule has 32 heavy (non-hydrogen) atoms. The molecule has 0 fully saturated rings. The fourth-order valence-corrected chi connectivity index (χ4v) is 6.14. The molecule has 8 heteroatoms. The zero-order chi connectivity index (χ0) is 22.8. The SMILES string of the molecule is COc1ccc(-n2c(SC(C)C(=O)NCC(C)C)nc3sc4c(c3c2=O)CCCC4)cc1. The van der Waals surface area contributed by atoms with Gasteiger partial charge in [0.1, 0.15) is 10.6 Å². The molecule has 1 aliphatic carbocycles. The third-order valence-corrected chi connectivity index (χ3v) is 7.86. The number of hydrogen-bond donors (Lipinski definition) is 1. The zero-order valence-corrected chi connectivity index (χ0v) is 20.6.